The summed E-state index contributed by atoms with van der Waals surface area (Å²) in [6.45, 7) is 0.395. The average Bonchev–Trinajstić information content (AvgIpc) is 2.86. The number of nitrogens with zero attached hydrogens (tertiary/aromatic N) is 1. The average molecular weight is 422 g/mol. The Morgan fingerprint density at radius 3 is 1.94 bits per heavy atom. The molecule has 0 unspecified atom stereocenters. The van der Waals surface area contributed by atoms with Crippen LogP contribution in [-0.4, -0.2) is 16.8 Å². The topological polar surface area (TPSA) is 71.1 Å². The van der Waals surface area contributed by atoms with E-state index in [1.165, 1.54) is 6.20 Å². The first-order chi connectivity index (χ1) is 15.7. The number of nitrogens with one attached hydrogen (secondary N) is 2. The largest absolute Gasteiger partial charge is 0.351 e. The number of aromatic nitrogens is 1. The number of hydrogen-bond acceptors (Lipinski definition) is 3. The molecule has 0 fully saturated rings. The molecule has 0 aliphatic rings. The molecule has 32 heavy (non-hydrogen) atoms. The van der Waals surface area contributed by atoms with Crippen LogP contribution < -0.4 is 10.6 Å². The zero-order valence-corrected chi connectivity index (χ0v) is 17.4. The Morgan fingerprint density at radius 1 is 0.750 bits per heavy atom. The molecule has 0 aliphatic heterocycles. The third-order valence-electron chi connectivity index (χ3n) is 5.13. The minimum absolute atomic E-state index is 0.0589. The zero-order valence-electron chi connectivity index (χ0n) is 17.4. The number of hydrogen-bond donors (Lipinski definition) is 2. The standard InChI is InChI=1S/C27H23N3O2/c31-26(23-12-7-17-28-19-23)30-24-15-13-20(14-16-24)18-29-27(32)25(21-8-3-1-4-9-21)22-10-5-2-6-11-22/h1-17,19,25H,18H2,(H,29,32)(H,30,31). The van der Waals surface area contributed by atoms with Crippen molar-refractivity contribution in [3.8, 4) is 0 Å². The molecule has 1 aromatic heterocycles. The lowest BCUT2D eigenvalue weighted by molar-refractivity contribution is -0.121. The first-order valence-electron chi connectivity index (χ1n) is 10.4. The van der Waals surface area contributed by atoms with Gasteiger partial charge in [0.2, 0.25) is 5.91 Å². The van der Waals surface area contributed by atoms with E-state index in [-0.39, 0.29) is 17.7 Å². The maximum Gasteiger partial charge on any atom is 0.257 e. The van der Waals surface area contributed by atoms with Crippen molar-refractivity contribution in [1.82, 2.24) is 10.3 Å². The van der Waals surface area contributed by atoms with E-state index in [0.717, 1.165) is 16.7 Å². The van der Waals surface area contributed by atoms with Crippen LogP contribution in [0.5, 0.6) is 0 Å². The second kappa shape index (κ2) is 10.2. The van der Waals surface area contributed by atoms with Gasteiger partial charge >= 0.3 is 0 Å². The molecular weight excluding hydrogens is 398 g/mol. The van der Waals surface area contributed by atoms with Crippen LogP contribution in [0.15, 0.2) is 109 Å². The van der Waals surface area contributed by atoms with Gasteiger partial charge in [-0.1, -0.05) is 72.8 Å². The Hall–Kier alpha value is -4.25. The van der Waals surface area contributed by atoms with E-state index in [4.69, 9.17) is 0 Å². The number of carbonyl (C=O) groups is 2. The van der Waals surface area contributed by atoms with Gasteiger partial charge in [0.1, 0.15) is 0 Å². The molecule has 2 amide bonds. The molecule has 0 saturated heterocycles. The highest BCUT2D eigenvalue weighted by atomic mass is 16.2. The van der Waals surface area contributed by atoms with Crippen LogP contribution >= 0.6 is 0 Å². The molecule has 5 heteroatoms. The van der Waals surface area contributed by atoms with Gasteiger partial charge in [-0.2, -0.15) is 0 Å². The third kappa shape index (κ3) is 5.26. The highest BCUT2D eigenvalue weighted by Gasteiger charge is 2.22. The first-order valence-corrected chi connectivity index (χ1v) is 10.4. The monoisotopic (exact) mass is 421 g/mol. The predicted octanol–water partition coefficient (Wildman–Crippen LogP) is 4.78. The smallest absolute Gasteiger partial charge is 0.257 e. The van der Waals surface area contributed by atoms with Gasteiger partial charge < -0.3 is 10.6 Å². The van der Waals surface area contributed by atoms with Crippen molar-refractivity contribution in [3.05, 3.63) is 132 Å². The molecule has 4 rings (SSSR count). The normalized spacial score (nSPS) is 10.5. The summed E-state index contributed by atoms with van der Waals surface area (Å²) in [4.78, 5) is 29.3. The minimum Gasteiger partial charge on any atom is -0.351 e. The molecule has 0 radical (unpaired) electrons. The van der Waals surface area contributed by atoms with E-state index >= 15 is 0 Å². The number of anilines is 1. The van der Waals surface area contributed by atoms with Crippen LogP contribution in [0.2, 0.25) is 0 Å². The summed E-state index contributed by atoms with van der Waals surface area (Å²) in [5.74, 6) is -0.653. The summed E-state index contributed by atoms with van der Waals surface area (Å²) >= 11 is 0. The zero-order chi connectivity index (χ0) is 22.2. The van der Waals surface area contributed by atoms with Gasteiger partial charge in [-0.05, 0) is 41.0 Å². The van der Waals surface area contributed by atoms with E-state index in [2.05, 4.69) is 15.6 Å². The molecule has 158 valence electrons. The molecule has 0 saturated carbocycles. The van der Waals surface area contributed by atoms with Gasteiger partial charge in [0.15, 0.2) is 0 Å². The molecular formula is C27H23N3O2. The lowest BCUT2D eigenvalue weighted by Gasteiger charge is -2.18. The summed E-state index contributed by atoms with van der Waals surface area (Å²) in [7, 11) is 0. The Morgan fingerprint density at radius 2 is 1.38 bits per heavy atom. The quantitative estimate of drug-likeness (QED) is 0.451. The van der Waals surface area contributed by atoms with Crippen LogP contribution in [0.25, 0.3) is 0 Å². The van der Waals surface area contributed by atoms with Crippen molar-refractivity contribution < 1.29 is 9.59 Å². The van der Waals surface area contributed by atoms with Crippen LogP contribution in [0.1, 0.15) is 33.0 Å². The van der Waals surface area contributed by atoms with E-state index < -0.39 is 0 Å². The number of rotatable bonds is 7. The summed E-state index contributed by atoms with van der Waals surface area (Å²) in [6, 6.07) is 30.4. The van der Waals surface area contributed by atoms with Crippen molar-refractivity contribution in [2.75, 3.05) is 5.32 Å². The summed E-state index contributed by atoms with van der Waals surface area (Å²) < 4.78 is 0. The highest BCUT2D eigenvalue weighted by Crippen LogP contribution is 2.25. The van der Waals surface area contributed by atoms with Gasteiger partial charge in [-0.3, -0.25) is 14.6 Å². The number of pyridine rings is 1. The van der Waals surface area contributed by atoms with Crippen molar-refractivity contribution in [1.29, 1.82) is 0 Å². The van der Waals surface area contributed by atoms with Crippen molar-refractivity contribution in [3.63, 3.8) is 0 Å². The Bertz CT molecular complexity index is 1120. The van der Waals surface area contributed by atoms with Crippen molar-refractivity contribution in [2.45, 2.75) is 12.5 Å². The van der Waals surface area contributed by atoms with Crippen molar-refractivity contribution in [2.24, 2.45) is 0 Å². The summed E-state index contributed by atoms with van der Waals surface area (Å²) in [5.41, 5.74) is 4.02. The lowest BCUT2D eigenvalue weighted by Crippen LogP contribution is -2.29. The van der Waals surface area contributed by atoms with Crippen LogP contribution in [0.3, 0.4) is 0 Å². The first kappa shape index (κ1) is 21.0. The SMILES string of the molecule is O=C(Nc1ccc(CNC(=O)C(c2ccccc2)c2ccccc2)cc1)c1cccnc1. The lowest BCUT2D eigenvalue weighted by atomic mass is 9.90. The molecule has 1 heterocycles. The predicted molar refractivity (Wildman–Crippen MR) is 125 cm³/mol. The van der Waals surface area contributed by atoms with E-state index in [1.54, 1.807) is 18.3 Å². The highest BCUT2D eigenvalue weighted by molar-refractivity contribution is 6.04. The molecule has 4 aromatic rings. The molecule has 2 N–H and O–H groups in total. The van der Waals surface area contributed by atoms with Gasteiger partial charge in [0.05, 0.1) is 11.5 Å². The van der Waals surface area contributed by atoms with Crippen LogP contribution in [0, 0.1) is 0 Å². The fraction of sp³-hybridized carbons (Fsp3) is 0.0741. The molecule has 3 aromatic carbocycles. The van der Waals surface area contributed by atoms with Crippen LogP contribution in [0.4, 0.5) is 5.69 Å². The fourth-order valence-electron chi connectivity index (χ4n) is 3.48. The van der Waals surface area contributed by atoms with Gasteiger partial charge in [-0.15, -0.1) is 0 Å². The second-order valence-electron chi connectivity index (χ2n) is 7.36. The Balaban J connectivity index is 1.41. The third-order valence-corrected chi connectivity index (χ3v) is 5.13. The van der Waals surface area contributed by atoms with Gasteiger partial charge in [-0.25, -0.2) is 0 Å². The van der Waals surface area contributed by atoms with Gasteiger partial charge in [0.25, 0.3) is 5.91 Å². The van der Waals surface area contributed by atoms with E-state index in [0.29, 0.717) is 17.8 Å². The molecule has 0 spiro atoms. The molecule has 5 nitrogen and oxygen atoms in total. The number of benzene rings is 3. The van der Waals surface area contributed by atoms with Crippen molar-refractivity contribution >= 4 is 17.5 Å². The number of amides is 2. The Kier molecular flexibility index (Phi) is 6.68. The maximum absolute atomic E-state index is 13.1. The fourth-order valence-corrected chi connectivity index (χ4v) is 3.48. The molecule has 0 aliphatic carbocycles. The summed E-state index contributed by atoms with van der Waals surface area (Å²) in [5, 5.41) is 5.89. The second-order valence-corrected chi connectivity index (χ2v) is 7.36. The molecule has 0 bridgehead atoms. The maximum atomic E-state index is 13.1. The minimum atomic E-state index is -0.379. The van der Waals surface area contributed by atoms with E-state index in [9.17, 15) is 9.59 Å². The number of carbonyl (C=O) groups excluding carboxylic acids is 2. The molecule has 0 atom stereocenters. The Labute approximate surface area is 187 Å². The van der Waals surface area contributed by atoms with E-state index in [1.807, 2.05) is 84.9 Å². The summed E-state index contributed by atoms with van der Waals surface area (Å²) in [6.07, 6.45) is 3.15. The van der Waals surface area contributed by atoms with Gasteiger partial charge in [0, 0.05) is 24.6 Å². The van der Waals surface area contributed by atoms with Crippen LogP contribution in [-0.2, 0) is 11.3 Å².